The molecule has 0 radical (unpaired) electrons. The normalized spacial score (nSPS) is 12.6. The minimum absolute atomic E-state index is 0.261. The minimum atomic E-state index is 0.261. The molecule has 0 atom stereocenters. The Morgan fingerprint density at radius 1 is 1.03 bits per heavy atom. The second kappa shape index (κ2) is 7.44. The van der Waals surface area contributed by atoms with Crippen LogP contribution in [0, 0.1) is 0 Å². The number of ether oxygens (including phenoxy) is 2. The van der Waals surface area contributed by atoms with Crippen LogP contribution in [-0.2, 0) is 13.1 Å². The number of nitrogens with one attached hydrogen (secondary N) is 1. The second-order valence-corrected chi connectivity index (χ2v) is 7.11. The number of aromatic nitrogens is 4. The molecular weight excluding hydrogens is 366 g/mol. The van der Waals surface area contributed by atoms with Crippen LogP contribution in [0.4, 0.5) is 0 Å². The van der Waals surface area contributed by atoms with Gasteiger partial charge in [0.2, 0.25) is 6.79 Å². The van der Waals surface area contributed by atoms with Gasteiger partial charge in [0.05, 0.1) is 11.4 Å². The molecule has 0 amide bonds. The SMILES string of the molecule is CN(Cc1ccn[nH]1)Cc1cn(-c2ccccc2)nc1-c1ccc2c(c1)OCO2. The molecule has 3 heterocycles. The summed E-state index contributed by atoms with van der Waals surface area (Å²) in [6.07, 6.45) is 3.87. The molecule has 0 saturated heterocycles. The van der Waals surface area contributed by atoms with E-state index in [-0.39, 0.29) is 6.79 Å². The van der Waals surface area contributed by atoms with Gasteiger partial charge in [0.15, 0.2) is 11.5 Å². The van der Waals surface area contributed by atoms with Crippen LogP contribution in [0.1, 0.15) is 11.3 Å². The van der Waals surface area contributed by atoms with Crippen LogP contribution in [-0.4, -0.2) is 38.7 Å². The number of aromatic amines is 1. The first-order chi connectivity index (χ1) is 14.3. The van der Waals surface area contributed by atoms with Gasteiger partial charge in [-0.15, -0.1) is 0 Å². The van der Waals surface area contributed by atoms with E-state index in [1.165, 1.54) is 0 Å². The van der Waals surface area contributed by atoms with Crippen molar-refractivity contribution in [3.63, 3.8) is 0 Å². The highest BCUT2D eigenvalue weighted by Crippen LogP contribution is 2.36. The molecule has 0 unspecified atom stereocenters. The number of hydrogen-bond acceptors (Lipinski definition) is 5. The number of hydrogen-bond donors (Lipinski definition) is 1. The highest BCUT2D eigenvalue weighted by Gasteiger charge is 2.19. The lowest BCUT2D eigenvalue weighted by Gasteiger charge is -2.15. The van der Waals surface area contributed by atoms with Crippen molar-refractivity contribution in [1.29, 1.82) is 0 Å². The summed E-state index contributed by atoms with van der Waals surface area (Å²) >= 11 is 0. The third-order valence-electron chi connectivity index (χ3n) is 4.90. The molecule has 0 bridgehead atoms. The molecule has 0 saturated carbocycles. The summed E-state index contributed by atoms with van der Waals surface area (Å²) in [5.74, 6) is 1.53. The van der Waals surface area contributed by atoms with Gasteiger partial charge in [0.25, 0.3) is 0 Å². The summed E-state index contributed by atoms with van der Waals surface area (Å²) in [6, 6.07) is 18.1. The molecule has 2 aromatic heterocycles. The van der Waals surface area contributed by atoms with Gasteiger partial charge in [-0.05, 0) is 43.4 Å². The van der Waals surface area contributed by atoms with Gasteiger partial charge in [-0.1, -0.05) is 18.2 Å². The number of fused-ring (bicyclic) bond motifs is 1. The van der Waals surface area contributed by atoms with Crippen molar-refractivity contribution < 1.29 is 9.47 Å². The van der Waals surface area contributed by atoms with Gasteiger partial charge in [-0.3, -0.25) is 10.00 Å². The molecule has 7 heteroatoms. The molecule has 1 aliphatic heterocycles. The van der Waals surface area contributed by atoms with Gasteiger partial charge in [-0.25, -0.2) is 4.68 Å². The van der Waals surface area contributed by atoms with E-state index in [1.807, 2.05) is 47.1 Å². The number of H-pyrrole nitrogens is 1. The highest BCUT2D eigenvalue weighted by molar-refractivity contribution is 5.67. The molecule has 0 fully saturated rings. The van der Waals surface area contributed by atoms with Crippen LogP contribution < -0.4 is 9.47 Å². The zero-order chi connectivity index (χ0) is 19.6. The summed E-state index contributed by atoms with van der Waals surface area (Å²) in [4.78, 5) is 2.23. The van der Waals surface area contributed by atoms with Crippen molar-refractivity contribution in [3.8, 4) is 28.4 Å². The summed E-state index contributed by atoms with van der Waals surface area (Å²) in [5.41, 5.74) is 5.18. The van der Waals surface area contributed by atoms with Gasteiger partial charge in [-0.2, -0.15) is 10.2 Å². The number of para-hydroxylation sites is 1. The third-order valence-corrected chi connectivity index (χ3v) is 4.90. The first-order valence-corrected chi connectivity index (χ1v) is 9.47. The maximum absolute atomic E-state index is 5.56. The lowest BCUT2D eigenvalue weighted by atomic mass is 10.1. The fraction of sp³-hybridized carbons (Fsp3) is 0.182. The Bertz CT molecular complexity index is 1110. The first kappa shape index (κ1) is 17.5. The Balaban J connectivity index is 1.50. The van der Waals surface area contributed by atoms with Crippen LogP contribution >= 0.6 is 0 Å². The highest BCUT2D eigenvalue weighted by atomic mass is 16.7. The lowest BCUT2D eigenvalue weighted by Crippen LogP contribution is -2.17. The van der Waals surface area contributed by atoms with E-state index in [0.29, 0.717) is 0 Å². The first-order valence-electron chi connectivity index (χ1n) is 9.47. The molecule has 146 valence electrons. The van der Waals surface area contributed by atoms with Crippen molar-refractivity contribution in [2.45, 2.75) is 13.1 Å². The van der Waals surface area contributed by atoms with Crippen LogP contribution in [0.15, 0.2) is 67.0 Å². The summed E-state index contributed by atoms with van der Waals surface area (Å²) < 4.78 is 12.9. The lowest BCUT2D eigenvalue weighted by molar-refractivity contribution is 0.174. The predicted octanol–water partition coefficient (Wildman–Crippen LogP) is 3.62. The number of nitrogens with zero attached hydrogens (tertiary/aromatic N) is 4. The maximum atomic E-state index is 5.56. The van der Waals surface area contributed by atoms with Gasteiger partial charge in [0, 0.05) is 42.3 Å². The molecule has 1 aliphatic rings. The average molecular weight is 387 g/mol. The molecule has 0 aliphatic carbocycles. The zero-order valence-electron chi connectivity index (χ0n) is 16.1. The molecule has 5 rings (SSSR count). The maximum Gasteiger partial charge on any atom is 0.231 e. The Labute approximate surface area is 168 Å². The summed E-state index contributed by atoms with van der Waals surface area (Å²) in [7, 11) is 2.09. The fourth-order valence-corrected chi connectivity index (χ4v) is 3.54. The van der Waals surface area contributed by atoms with E-state index in [4.69, 9.17) is 14.6 Å². The van der Waals surface area contributed by atoms with Crippen molar-refractivity contribution in [3.05, 3.63) is 78.2 Å². The molecule has 29 heavy (non-hydrogen) atoms. The Morgan fingerprint density at radius 2 is 1.90 bits per heavy atom. The van der Waals surface area contributed by atoms with Gasteiger partial charge < -0.3 is 9.47 Å². The Morgan fingerprint density at radius 3 is 2.72 bits per heavy atom. The topological polar surface area (TPSA) is 68.2 Å². The monoisotopic (exact) mass is 387 g/mol. The van der Waals surface area contributed by atoms with E-state index in [1.54, 1.807) is 6.20 Å². The number of rotatable bonds is 6. The predicted molar refractivity (Wildman–Crippen MR) is 109 cm³/mol. The molecule has 4 aromatic rings. The quantitative estimate of drug-likeness (QED) is 0.547. The van der Waals surface area contributed by atoms with Crippen molar-refractivity contribution in [1.82, 2.24) is 24.9 Å². The largest absolute Gasteiger partial charge is 0.454 e. The van der Waals surface area contributed by atoms with E-state index in [2.05, 4.69) is 40.5 Å². The van der Waals surface area contributed by atoms with Crippen LogP contribution in [0.25, 0.3) is 16.9 Å². The second-order valence-electron chi connectivity index (χ2n) is 7.11. The average Bonchev–Trinajstić information content (AvgIpc) is 3.49. The van der Waals surface area contributed by atoms with Crippen molar-refractivity contribution >= 4 is 0 Å². The Kier molecular flexibility index (Phi) is 4.50. The van der Waals surface area contributed by atoms with Crippen LogP contribution in [0.3, 0.4) is 0 Å². The smallest absolute Gasteiger partial charge is 0.231 e. The van der Waals surface area contributed by atoms with E-state index in [0.717, 1.165) is 52.8 Å². The van der Waals surface area contributed by atoms with Gasteiger partial charge >= 0.3 is 0 Å². The van der Waals surface area contributed by atoms with Crippen LogP contribution in [0.2, 0.25) is 0 Å². The van der Waals surface area contributed by atoms with Crippen LogP contribution in [0.5, 0.6) is 11.5 Å². The molecular formula is C22H21N5O2. The fourth-order valence-electron chi connectivity index (χ4n) is 3.54. The molecule has 2 aromatic carbocycles. The van der Waals surface area contributed by atoms with E-state index >= 15 is 0 Å². The molecule has 1 N–H and O–H groups in total. The standard InChI is InChI=1S/C22H21N5O2/c1-26(14-18-9-10-23-24-18)12-17-13-27(19-5-3-2-4-6-19)25-22(17)16-7-8-20-21(11-16)29-15-28-20/h2-11,13H,12,14-15H2,1H3,(H,23,24). The van der Waals surface area contributed by atoms with Crippen molar-refractivity contribution in [2.24, 2.45) is 0 Å². The van der Waals surface area contributed by atoms with E-state index < -0.39 is 0 Å². The summed E-state index contributed by atoms with van der Waals surface area (Å²) in [6.45, 7) is 1.78. The molecule has 7 nitrogen and oxygen atoms in total. The third kappa shape index (κ3) is 3.60. The van der Waals surface area contributed by atoms with Gasteiger partial charge in [0.1, 0.15) is 0 Å². The summed E-state index contributed by atoms with van der Waals surface area (Å²) in [5, 5.41) is 11.9. The van der Waals surface area contributed by atoms with E-state index in [9.17, 15) is 0 Å². The number of benzene rings is 2. The Hall–Kier alpha value is -3.58. The van der Waals surface area contributed by atoms with Crippen molar-refractivity contribution in [2.75, 3.05) is 13.8 Å². The zero-order valence-corrected chi connectivity index (χ0v) is 16.1. The molecule has 0 spiro atoms. The minimum Gasteiger partial charge on any atom is -0.454 e.